The highest BCUT2D eigenvalue weighted by Crippen LogP contribution is 2.39. The molecule has 1 aromatic carbocycles. The number of aromatic nitrogens is 2. The molecule has 0 aliphatic carbocycles. The molecule has 23 heavy (non-hydrogen) atoms. The largest absolute Gasteiger partial charge is 0.353 e. The second-order valence-electron chi connectivity index (χ2n) is 6.60. The van der Waals surface area contributed by atoms with E-state index in [1.807, 2.05) is 6.20 Å². The molecule has 1 unspecified atom stereocenters. The van der Waals surface area contributed by atoms with Crippen molar-refractivity contribution in [3.63, 3.8) is 0 Å². The third-order valence-corrected chi connectivity index (χ3v) is 5.63. The van der Waals surface area contributed by atoms with Crippen LogP contribution >= 0.6 is 15.9 Å². The maximum atomic E-state index is 4.52. The van der Waals surface area contributed by atoms with Gasteiger partial charge < -0.3 is 4.90 Å². The molecule has 2 saturated heterocycles. The average Bonchev–Trinajstić information content (AvgIpc) is 3.18. The number of rotatable bonds is 3. The van der Waals surface area contributed by atoms with Gasteiger partial charge in [0, 0.05) is 25.2 Å². The van der Waals surface area contributed by atoms with Gasteiger partial charge in [-0.3, -0.25) is 4.90 Å². The summed E-state index contributed by atoms with van der Waals surface area (Å²) < 4.78 is 0.793. The van der Waals surface area contributed by atoms with Crippen LogP contribution in [0.1, 0.15) is 24.8 Å². The van der Waals surface area contributed by atoms with Gasteiger partial charge in [-0.25, -0.2) is 9.97 Å². The van der Waals surface area contributed by atoms with Crippen LogP contribution in [-0.2, 0) is 6.54 Å². The zero-order valence-electron chi connectivity index (χ0n) is 13.2. The maximum Gasteiger partial charge on any atom is 0.147 e. The van der Waals surface area contributed by atoms with Crippen molar-refractivity contribution in [1.29, 1.82) is 0 Å². The molecule has 0 amide bonds. The SMILES string of the molecule is Brc1cnc(N2CCC3(CCCN3Cc3ccccc3)C2)cn1. The lowest BCUT2D eigenvalue weighted by atomic mass is 9.95. The molecular weight excluding hydrogens is 352 g/mol. The van der Waals surface area contributed by atoms with Crippen molar-refractivity contribution in [2.24, 2.45) is 0 Å². The quantitative estimate of drug-likeness (QED) is 0.825. The maximum absolute atomic E-state index is 4.52. The molecule has 4 rings (SSSR count). The average molecular weight is 373 g/mol. The van der Waals surface area contributed by atoms with Crippen molar-refractivity contribution >= 4 is 21.7 Å². The normalized spacial score (nSPS) is 24.7. The first-order chi connectivity index (χ1) is 11.3. The molecule has 2 fully saturated rings. The molecule has 0 saturated carbocycles. The van der Waals surface area contributed by atoms with E-state index >= 15 is 0 Å². The number of nitrogens with zero attached hydrogens (tertiary/aromatic N) is 4. The van der Waals surface area contributed by atoms with Gasteiger partial charge in [-0.05, 0) is 47.3 Å². The standard InChI is InChI=1S/C18H21BrN4/c19-16-11-21-17(12-20-16)22-10-8-18(14-22)7-4-9-23(18)13-15-5-2-1-3-6-15/h1-3,5-6,11-12H,4,7-10,13-14H2. The molecule has 3 heterocycles. The van der Waals surface area contributed by atoms with Gasteiger partial charge in [0.25, 0.3) is 0 Å². The minimum Gasteiger partial charge on any atom is -0.353 e. The van der Waals surface area contributed by atoms with Gasteiger partial charge in [0.15, 0.2) is 0 Å². The summed E-state index contributed by atoms with van der Waals surface area (Å²) in [6, 6.07) is 10.8. The monoisotopic (exact) mass is 372 g/mol. The van der Waals surface area contributed by atoms with Crippen LogP contribution in [0.4, 0.5) is 5.82 Å². The first-order valence-electron chi connectivity index (χ1n) is 8.27. The predicted molar refractivity (Wildman–Crippen MR) is 95.4 cm³/mol. The minimum absolute atomic E-state index is 0.310. The van der Waals surface area contributed by atoms with Crippen LogP contribution in [0, 0.1) is 0 Å². The molecule has 0 radical (unpaired) electrons. The van der Waals surface area contributed by atoms with E-state index < -0.39 is 0 Å². The Kier molecular flexibility index (Phi) is 4.07. The topological polar surface area (TPSA) is 32.3 Å². The molecule has 1 spiro atoms. The lowest BCUT2D eigenvalue weighted by Crippen LogP contribution is -2.45. The van der Waals surface area contributed by atoms with E-state index in [1.54, 1.807) is 6.20 Å². The Morgan fingerprint density at radius 2 is 1.91 bits per heavy atom. The Morgan fingerprint density at radius 3 is 2.70 bits per heavy atom. The summed E-state index contributed by atoms with van der Waals surface area (Å²) in [6.45, 7) is 4.40. The molecule has 2 aromatic rings. The second kappa shape index (κ2) is 6.21. The number of anilines is 1. The van der Waals surface area contributed by atoms with Crippen LogP contribution in [0.25, 0.3) is 0 Å². The van der Waals surface area contributed by atoms with Crippen molar-refractivity contribution in [1.82, 2.24) is 14.9 Å². The Hall–Kier alpha value is -1.46. The van der Waals surface area contributed by atoms with Crippen molar-refractivity contribution in [2.45, 2.75) is 31.3 Å². The summed E-state index contributed by atoms with van der Waals surface area (Å²) in [5.74, 6) is 0.997. The van der Waals surface area contributed by atoms with E-state index in [1.165, 1.54) is 31.4 Å². The number of hydrogen-bond acceptors (Lipinski definition) is 4. The van der Waals surface area contributed by atoms with Gasteiger partial charge in [0.05, 0.1) is 12.4 Å². The second-order valence-corrected chi connectivity index (χ2v) is 7.42. The fourth-order valence-corrected chi connectivity index (χ4v) is 4.23. The molecule has 2 aliphatic rings. The van der Waals surface area contributed by atoms with Gasteiger partial charge in [-0.15, -0.1) is 0 Å². The molecule has 120 valence electrons. The molecule has 4 nitrogen and oxygen atoms in total. The lowest BCUT2D eigenvalue weighted by molar-refractivity contribution is 0.150. The molecule has 1 atom stereocenters. The number of hydrogen-bond donors (Lipinski definition) is 0. The van der Waals surface area contributed by atoms with Crippen molar-refractivity contribution in [2.75, 3.05) is 24.5 Å². The summed E-state index contributed by atoms with van der Waals surface area (Å²) in [5, 5.41) is 0. The highest BCUT2D eigenvalue weighted by Gasteiger charge is 2.46. The van der Waals surface area contributed by atoms with Crippen LogP contribution in [-0.4, -0.2) is 40.0 Å². The summed E-state index contributed by atoms with van der Waals surface area (Å²) >= 11 is 3.36. The van der Waals surface area contributed by atoms with Crippen molar-refractivity contribution in [3.8, 4) is 0 Å². The Morgan fingerprint density at radius 1 is 1.04 bits per heavy atom. The van der Waals surface area contributed by atoms with E-state index in [4.69, 9.17) is 0 Å². The summed E-state index contributed by atoms with van der Waals surface area (Å²) in [7, 11) is 0. The van der Waals surface area contributed by atoms with E-state index in [2.05, 4.69) is 66.0 Å². The van der Waals surface area contributed by atoms with Gasteiger partial charge in [-0.1, -0.05) is 30.3 Å². The number of halogens is 1. The zero-order valence-corrected chi connectivity index (χ0v) is 14.7. The Bertz CT molecular complexity index is 660. The predicted octanol–water partition coefficient (Wildman–Crippen LogP) is 3.48. The minimum atomic E-state index is 0.310. The molecule has 1 aromatic heterocycles. The highest BCUT2D eigenvalue weighted by molar-refractivity contribution is 9.10. The van der Waals surface area contributed by atoms with E-state index in [-0.39, 0.29) is 0 Å². The molecule has 2 aliphatic heterocycles. The van der Waals surface area contributed by atoms with Crippen LogP contribution in [0.2, 0.25) is 0 Å². The first kappa shape index (κ1) is 15.1. The number of likely N-dealkylation sites (tertiary alicyclic amines) is 1. The van der Waals surface area contributed by atoms with Gasteiger partial charge in [-0.2, -0.15) is 0 Å². The molecule has 5 heteroatoms. The summed E-state index contributed by atoms with van der Waals surface area (Å²) in [4.78, 5) is 13.9. The fraction of sp³-hybridized carbons (Fsp3) is 0.444. The van der Waals surface area contributed by atoms with Gasteiger partial charge in [0.1, 0.15) is 10.4 Å². The smallest absolute Gasteiger partial charge is 0.147 e. The van der Waals surface area contributed by atoms with Crippen molar-refractivity contribution in [3.05, 3.63) is 52.9 Å². The number of benzene rings is 1. The van der Waals surface area contributed by atoms with Gasteiger partial charge >= 0.3 is 0 Å². The van der Waals surface area contributed by atoms with E-state index in [0.29, 0.717) is 5.54 Å². The lowest BCUT2D eigenvalue weighted by Gasteiger charge is -2.35. The molecule has 0 N–H and O–H groups in total. The van der Waals surface area contributed by atoms with Crippen LogP contribution in [0.3, 0.4) is 0 Å². The molecular formula is C18H21BrN4. The summed E-state index contributed by atoms with van der Waals surface area (Å²) in [6.07, 6.45) is 7.47. The third kappa shape index (κ3) is 3.00. The first-order valence-corrected chi connectivity index (χ1v) is 9.06. The molecule has 0 bridgehead atoms. The Labute approximate surface area is 145 Å². The zero-order chi connectivity index (χ0) is 15.7. The van der Waals surface area contributed by atoms with Crippen LogP contribution in [0.15, 0.2) is 47.3 Å². The summed E-state index contributed by atoms with van der Waals surface area (Å²) in [5.41, 5.74) is 1.72. The van der Waals surface area contributed by atoms with Crippen LogP contribution in [0.5, 0.6) is 0 Å². The van der Waals surface area contributed by atoms with E-state index in [9.17, 15) is 0 Å². The fourth-order valence-electron chi connectivity index (χ4n) is 4.03. The van der Waals surface area contributed by atoms with Crippen LogP contribution < -0.4 is 4.90 Å². The Balaban J connectivity index is 1.50. The highest BCUT2D eigenvalue weighted by atomic mass is 79.9. The van der Waals surface area contributed by atoms with Gasteiger partial charge in [0.2, 0.25) is 0 Å². The van der Waals surface area contributed by atoms with E-state index in [0.717, 1.165) is 30.1 Å². The third-order valence-electron chi connectivity index (χ3n) is 5.22. The van der Waals surface area contributed by atoms with Crippen molar-refractivity contribution < 1.29 is 0 Å².